The van der Waals surface area contributed by atoms with Gasteiger partial charge in [-0.2, -0.15) is 4.31 Å². The van der Waals surface area contributed by atoms with E-state index >= 15 is 0 Å². The number of sulfonamides is 1. The van der Waals surface area contributed by atoms with Gasteiger partial charge < -0.3 is 10.7 Å². The molecule has 0 fully saturated rings. The largest absolute Gasteiger partial charge is 0.335 e. The van der Waals surface area contributed by atoms with Crippen LogP contribution in [0.1, 0.15) is 20.3 Å². The second-order valence-electron chi connectivity index (χ2n) is 4.31. The van der Waals surface area contributed by atoms with E-state index < -0.39 is 10.0 Å². The molecule has 17 heavy (non-hydrogen) atoms. The third kappa shape index (κ3) is 3.79. The van der Waals surface area contributed by atoms with Crippen molar-refractivity contribution in [1.82, 2.24) is 14.3 Å². The van der Waals surface area contributed by atoms with Gasteiger partial charge in [0.1, 0.15) is 0 Å². The van der Waals surface area contributed by atoms with Crippen LogP contribution in [0.25, 0.3) is 0 Å². The van der Waals surface area contributed by atoms with Crippen LogP contribution in [0.15, 0.2) is 17.6 Å². The SMILES string of the molecule is CC(C)CN(CCCN)S(=O)(=O)c1cnc[nH]1. The zero-order chi connectivity index (χ0) is 12.9. The predicted octanol–water partition coefficient (Wildman–Crippen LogP) is 0.405. The Labute approximate surface area is 102 Å². The summed E-state index contributed by atoms with van der Waals surface area (Å²) in [6.07, 6.45) is 3.34. The van der Waals surface area contributed by atoms with Crippen molar-refractivity contribution in [2.45, 2.75) is 25.3 Å². The summed E-state index contributed by atoms with van der Waals surface area (Å²) in [4.78, 5) is 6.38. The molecule has 6 nitrogen and oxygen atoms in total. The molecule has 1 aromatic heterocycles. The van der Waals surface area contributed by atoms with Crippen LogP contribution in [0, 0.1) is 5.92 Å². The van der Waals surface area contributed by atoms with Crippen LogP contribution in [0.3, 0.4) is 0 Å². The van der Waals surface area contributed by atoms with E-state index in [1.165, 1.54) is 16.8 Å². The second-order valence-corrected chi connectivity index (χ2v) is 6.22. The maximum absolute atomic E-state index is 12.2. The summed E-state index contributed by atoms with van der Waals surface area (Å²) in [5.74, 6) is 0.269. The molecule has 1 heterocycles. The highest BCUT2D eigenvalue weighted by molar-refractivity contribution is 7.89. The van der Waals surface area contributed by atoms with Crippen molar-refractivity contribution in [2.24, 2.45) is 11.7 Å². The summed E-state index contributed by atoms with van der Waals surface area (Å²) in [6.45, 7) is 5.38. The molecule has 0 radical (unpaired) electrons. The molecule has 0 atom stereocenters. The van der Waals surface area contributed by atoms with Crippen molar-refractivity contribution in [3.63, 3.8) is 0 Å². The van der Waals surface area contributed by atoms with E-state index in [-0.39, 0.29) is 10.9 Å². The number of nitrogens with zero attached hydrogens (tertiary/aromatic N) is 2. The lowest BCUT2D eigenvalue weighted by Crippen LogP contribution is -2.36. The number of aromatic amines is 1. The number of nitrogens with two attached hydrogens (primary N) is 1. The van der Waals surface area contributed by atoms with E-state index in [0.717, 1.165) is 0 Å². The fourth-order valence-electron chi connectivity index (χ4n) is 1.51. The van der Waals surface area contributed by atoms with Gasteiger partial charge in [0.25, 0.3) is 10.0 Å². The molecule has 0 spiro atoms. The fourth-order valence-corrected chi connectivity index (χ4v) is 3.05. The van der Waals surface area contributed by atoms with Crippen LogP contribution in [-0.2, 0) is 10.0 Å². The third-order valence-electron chi connectivity index (χ3n) is 2.27. The lowest BCUT2D eigenvalue weighted by molar-refractivity contribution is 0.363. The highest BCUT2D eigenvalue weighted by atomic mass is 32.2. The van der Waals surface area contributed by atoms with Crippen molar-refractivity contribution in [3.8, 4) is 0 Å². The maximum atomic E-state index is 12.2. The van der Waals surface area contributed by atoms with Gasteiger partial charge in [0.05, 0.1) is 12.5 Å². The minimum atomic E-state index is -3.47. The van der Waals surface area contributed by atoms with E-state index in [1.54, 1.807) is 0 Å². The van der Waals surface area contributed by atoms with Crippen LogP contribution in [0.4, 0.5) is 0 Å². The highest BCUT2D eigenvalue weighted by Crippen LogP contribution is 2.14. The zero-order valence-electron chi connectivity index (χ0n) is 10.3. The molecule has 1 aromatic rings. The maximum Gasteiger partial charge on any atom is 0.260 e. The van der Waals surface area contributed by atoms with E-state index in [2.05, 4.69) is 9.97 Å². The number of aromatic nitrogens is 2. The Bertz CT molecular complexity index is 414. The van der Waals surface area contributed by atoms with Gasteiger partial charge in [0.2, 0.25) is 0 Å². The molecule has 0 aliphatic carbocycles. The van der Waals surface area contributed by atoms with Crippen molar-refractivity contribution in [2.75, 3.05) is 19.6 Å². The normalized spacial score (nSPS) is 12.5. The summed E-state index contributed by atoms with van der Waals surface area (Å²) in [6, 6.07) is 0. The van der Waals surface area contributed by atoms with Crippen LogP contribution >= 0.6 is 0 Å². The molecule has 0 bridgehead atoms. The first-order valence-electron chi connectivity index (χ1n) is 5.67. The minimum absolute atomic E-state index is 0.134. The van der Waals surface area contributed by atoms with Crippen LogP contribution in [-0.4, -0.2) is 42.3 Å². The second kappa shape index (κ2) is 6.13. The first-order chi connectivity index (χ1) is 7.98. The van der Waals surface area contributed by atoms with Crippen LogP contribution in [0.2, 0.25) is 0 Å². The topological polar surface area (TPSA) is 92.1 Å². The molecule has 0 saturated carbocycles. The van der Waals surface area contributed by atoms with Crippen molar-refractivity contribution < 1.29 is 8.42 Å². The van der Waals surface area contributed by atoms with Gasteiger partial charge in [0, 0.05) is 13.1 Å². The standard InChI is InChI=1S/C10H20N4O2S/c1-9(2)7-14(5-3-4-11)17(15,16)10-6-12-8-13-10/h6,8-9H,3-5,7,11H2,1-2H3,(H,12,13). The predicted molar refractivity (Wildman–Crippen MR) is 65.9 cm³/mol. The first kappa shape index (κ1) is 14.1. The van der Waals surface area contributed by atoms with Crippen molar-refractivity contribution in [3.05, 3.63) is 12.5 Å². The molecule has 0 aromatic carbocycles. The lowest BCUT2D eigenvalue weighted by Gasteiger charge is -2.22. The Morgan fingerprint density at radius 1 is 1.53 bits per heavy atom. The number of rotatable bonds is 7. The van der Waals surface area contributed by atoms with Crippen molar-refractivity contribution in [1.29, 1.82) is 0 Å². The summed E-state index contributed by atoms with van der Waals surface area (Å²) >= 11 is 0. The average molecular weight is 260 g/mol. The third-order valence-corrected chi connectivity index (χ3v) is 4.06. The Morgan fingerprint density at radius 2 is 2.24 bits per heavy atom. The summed E-state index contributed by atoms with van der Waals surface area (Å²) in [7, 11) is -3.47. The monoisotopic (exact) mass is 260 g/mol. The number of H-pyrrole nitrogens is 1. The van der Waals surface area contributed by atoms with E-state index in [0.29, 0.717) is 26.1 Å². The highest BCUT2D eigenvalue weighted by Gasteiger charge is 2.25. The van der Waals surface area contributed by atoms with Gasteiger partial charge in [-0.25, -0.2) is 13.4 Å². The fraction of sp³-hybridized carbons (Fsp3) is 0.700. The van der Waals surface area contributed by atoms with Gasteiger partial charge in [-0.3, -0.25) is 0 Å². The van der Waals surface area contributed by atoms with Gasteiger partial charge >= 0.3 is 0 Å². The molecule has 0 aliphatic heterocycles. The molecular formula is C10H20N4O2S. The number of hydrogen-bond acceptors (Lipinski definition) is 4. The summed E-state index contributed by atoms with van der Waals surface area (Å²) in [5, 5.41) is 0.134. The zero-order valence-corrected chi connectivity index (χ0v) is 11.1. The van der Waals surface area contributed by atoms with Crippen LogP contribution in [0.5, 0.6) is 0 Å². The summed E-state index contributed by atoms with van der Waals surface area (Å²) < 4.78 is 26.0. The molecule has 0 aliphatic rings. The van der Waals surface area contributed by atoms with E-state index in [4.69, 9.17) is 5.73 Å². The molecule has 0 unspecified atom stereocenters. The average Bonchev–Trinajstić information content (AvgIpc) is 2.77. The smallest absolute Gasteiger partial charge is 0.260 e. The molecule has 1 rings (SSSR count). The van der Waals surface area contributed by atoms with Crippen LogP contribution < -0.4 is 5.73 Å². The Kier molecular flexibility index (Phi) is 5.10. The van der Waals surface area contributed by atoms with Gasteiger partial charge in [0.15, 0.2) is 5.03 Å². The Balaban J connectivity index is 2.88. The van der Waals surface area contributed by atoms with E-state index in [1.807, 2.05) is 13.8 Å². The molecule has 7 heteroatoms. The Morgan fingerprint density at radius 3 is 2.71 bits per heavy atom. The van der Waals surface area contributed by atoms with E-state index in [9.17, 15) is 8.42 Å². The van der Waals surface area contributed by atoms with Gasteiger partial charge in [-0.1, -0.05) is 13.8 Å². The number of imidazole rings is 1. The summed E-state index contributed by atoms with van der Waals surface area (Å²) in [5.41, 5.74) is 5.43. The number of hydrogen-bond donors (Lipinski definition) is 2. The quantitative estimate of drug-likeness (QED) is 0.742. The van der Waals surface area contributed by atoms with Gasteiger partial charge in [-0.15, -0.1) is 0 Å². The molecule has 3 N–H and O–H groups in total. The Hall–Kier alpha value is -0.920. The molecular weight excluding hydrogens is 240 g/mol. The molecule has 98 valence electrons. The first-order valence-corrected chi connectivity index (χ1v) is 7.11. The van der Waals surface area contributed by atoms with Crippen molar-refractivity contribution >= 4 is 10.0 Å². The minimum Gasteiger partial charge on any atom is -0.335 e. The number of nitrogens with one attached hydrogen (secondary N) is 1. The van der Waals surface area contributed by atoms with Gasteiger partial charge in [-0.05, 0) is 18.9 Å². The lowest BCUT2D eigenvalue weighted by atomic mass is 10.2. The molecule has 0 amide bonds. The molecule has 0 saturated heterocycles.